The highest BCUT2D eigenvalue weighted by Crippen LogP contribution is 2.25. The van der Waals surface area contributed by atoms with E-state index in [1.807, 2.05) is 43.3 Å². The lowest BCUT2D eigenvalue weighted by Crippen LogP contribution is -2.29. The van der Waals surface area contributed by atoms with E-state index < -0.39 is 5.82 Å². The highest BCUT2D eigenvalue weighted by Gasteiger charge is 2.15. The van der Waals surface area contributed by atoms with Gasteiger partial charge in [-0.3, -0.25) is 4.98 Å². The van der Waals surface area contributed by atoms with Crippen LogP contribution in [0.25, 0.3) is 10.9 Å². The Hall–Kier alpha value is -3.24. The smallest absolute Gasteiger partial charge is 0.166 e. The van der Waals surface area contributed by atoms with Crippen molar-refractivity contribution in [1.82, 2.24) is 9.97 Å². The van der Waals surface area contributed by atoms with Crippen LogP contribution in [0.15, 0.2) is 42.6 Å². The lowest BCUT2D eigenvalue weighted by Gasteiger charge is -2.17. The SMILES string of the molecule is CC[C@H](CN)Nc1nc(Nc2ccc3ncccc3c2)c(C#N)cc1F. The Kier molecular flexibility index (Phi) is 5.25. The summed E-state index contributed by atoms with van der Waals surface area (Å²) in [5.74, 6) is -0.223. The lowest BCUT2D eigenvalue weighted by atomic mass is 10.2. The summed E-state index contributed by atoms with van der Waals surface area (Å²) < 4.78 is 14.2. The minimum Gasteiger partial charge on any atom is -0.364 e. The lowest BCUT2D eigenvalue weighted by molar-refractivity contribution is 0.614. The number of hydrogen-bond acceptors (Lipinski definition) is 6. The van der Waals surface area contributed by atoms with Crippen molar-refractivity contribution < 1.29 is 4.39 Å². The van der Waals surface area contributed by atoms with Crippen LogP contribution >= 0.6 is 0 Å². The van der Waals surface area contributed by atoms with E-state index in [1.165, 1.54) is 6.07 Å². The maximum Gasteiger partial charge on any atom is 0.166 e. The van der Waals surface area contributed by atoms with Gasteiger partial charge in [0.25, 0.3) is 0 Å². The number of anilines is 3. The van der Waals surface area contributed by atoms with E-state index >= 15 is 0 Å². The highest BCUT2D eigenvalue weighted by molar-refractivity contribution is 5.83. The van der Waals surface area contributed by atoms with E-state index in [2.05, 4.69) is 20.6 Å². The van der Waals surface area contributed by atoms with Gasteiger partial charge in [-0.2, -0.15) is 5.26 Å². The summed E-state index contributed by atoms with van der Waals surface area (Å²) in [7, 11) is 0. The standard InChI is InChI=1S/C19H19FN6/c1-2-14(11-22)24-19-16(20)9-13(10-21)18(26-19)25-15-5-6-17-12(8-15)4-3-7-23-17/h3-9,14H,2,11,22H2,1H3,(H2,24,25,26)/t14-/m1/s1. The van der Waals surface area contributed by atoms with Crippen LogP contribution in [-0.2, 0) is 0 Å². The number of hydrogen-bond donors (Lipinski definition) is 3. The van der Waals surface area contributed by atoms with E-state index in [0.29, 0.717) is 6.54 Å². The first-order valence-corrected chi connectivity index (χ1v) is 8.33. The molecule has 26 heavy (non-hydrogen) atoms. The second kappa shape index (κ2) is 7.76. The van der Waals surface area contributed by atoms with Crippen molar-refractivity contribution in [1.29, 1.82) is 5.26 Å². The monoisotopic (exact) mass is 350 g/mol. The minimum absolute atomic E-state index is 0.0752. The maximum absolute atomic E-state index is 14.2. The number of fused-ring (bicyclic) bond motifs is 1. The van der Waals surface area contributed by atoms with Crippen molar-refractivity contribution in [3.8, 4) is 6.07 Å². The number of benzene rings is 1. The fourth-order valence-electron chi connectivity index (χ4n) is 2.58. The third-order valence-corrected chi connectivity index (χ3v) is 4.08. The van der Waals surface area contributed by atoms with Gasteiger partial charge in [-0.05, 0) is 36.8 Å². The second-order valence-corrected chi connectivity index (χ2v) is 5.85. The van der Waals surface area contributed by atoms with Crippen LogP contribution in [-0.4, -0.2) is 22.6 Å². The molecule has 0 spiro atoms. The van der Waals surface area contributed by atoms with Crippen LogP contribution in [0.1, 0.15) is 18.9 Å². The van der Waals surface area contributed by atoms with Gasteiger partial charge in [-0.15, -0.1) is 0 Å². The molecule has 0 unspecified atom stereocenters. The van der Waals surface area contributed by atoms with Crippen LogP contribution in [0.3, 0.4) is 0 Å². The first-order chi connectivity index (χ1) is 12.6. The van der Waals surface area contributed by atoms with Crippen LogP contribution in [0.5, 0.6) is 0 Å². The molecule has 3 rings (SSSR count). The van der Waals surface area contributed by atoms with Crippen LogP contribution in [0, 0.1) is 17.1 Å². The number of pyridine rings is 2. The van der Waals surface area contributed by atoms with Crippen molar-refractivity contribution in [2.45, 2.75) is 19.4 Å². The first-order valence-electron chi connectivity index (χ1n) is 8.33. The molecule has 132 valence electrons. The zero-order valence-corrected chi connectivity index (χ0v) is 14.3. The van der Waals surface area contributed by atoms with Gasteiger partial charge in [-0.25, -0.2) is 9.37 Å². The third kappa shape index (κ3) is 3.71. The van der Waals surface area contributed by atoms with Crippen molar-refractivity contribution in [3.63, 3.8) is 0 Å². The maximum atomic E-state index is 14.2. The average Bonchev–Trinajstić information content (AvgIpc) is 2.67. The number of nitrogens with two attached hydrogens (primary N) is 1. The summed E-state index contributed by atoms with van der Waals surface area (Å²) in [6.07, 6.45) is 2.46. The molecule has 0 saturated heterocycles. The van der Waals surface area contributed by atoms with Crippen molar-refractivity contribution in [2.24, 2.45) is 5.73 Å². The van der Waals surface area contributed by atoms with Gasteiger partial charge in [0, 0.05) is 29.9 Å². The zero-order chi connectivity index (χ0) is 18.5. The molecule has 0 aliphatic carbocycles. The van der Waals surface area contributed by atoms with Crippen LogP contribution < -0.4 is 16.4 Å². The Balaban J connectivity index is 1.95. The Labute approximate surface area is 150 Å². The minimum atomic E-state index is -0.582. The fraction of sp³-hybridized carbons (Fsp3) is 0.211. The molecule has 1 atom stereocenters. The normalized spacial score (nSPS) is 11.8. The largest absolute Gasteiger partial charge is 0.364 e. The Morgan fingerprint density at radius 3 is 2.85 bits per heavy atom. The third-order valence-electron chi connectivity index (χ3n) is 4.08. The molecule has 0 fully saturated rings. The Morgan fingerprint density at radius 1 is 1.27 bits per heavy atom. The van der Waals surface area contributed by atoms with Gasteiger partial charge in [0.2, 0.25) is 0 Å². The van der Waals surface area contributed by atoms with E-state index in [0.717, 1.165) is 23.0 Å². The molecule has 6 nitrogen and oxygen atoms in total. The molecule has 0 aliphatic heterocycles. The van der Waals surface area contributed by atoms with Crippen molar-refractivity contribution >= 4 is 28.2 Å². The molecule has 3 aromatic rings. The van der Waals surface area contributed by atoms with Crippen molar-refractivity contribution in [3.05, 3.63) is 54.0 Å². The van der Waals surface area contributed by atoms with E-state index in [-0.39, 0.29) is 23.2 Å². The molecule has 0 saturated carbocycles. The summed E-state index contributed by atoms with van der Waals surface area (Å²) in [4.78, 5) is 8.54. The summed E-state index contributed by atoms with van der Waals surface area (Å²) >= 11 is 0. The highest BCUT2D eigenvalue weighted by atomic mass is 19.1. The van der Waals surface area contributed by atoms with E-state index in [4.69, 9.17) is 5.73 Å². The molecule has 0 bridgehead atoms. The van der Waals surface area contributed by atoms with E-state index in [1.54, 1.807) is 6.20 Å². The number of nitrogens with one attached hydrogen (secondary N) is 2. The van der Waals surface area contributed by atoms with Crippen LogP contribution in [0.2, 0.25) is 0 Å². The molecule has 2 aromatic heterocycles. The molecule has 1 aromatic carbocycles. The van der Waals surface area contributed by atoms with E-state index in [9.17, 15) is 9.65 Å². The molecule has 0 amide bonds. The summed E-state index contributed by atoms with van der Waals surface area (Å²) in [5.41, 5.74) is 7.39. The molecule has 0 aliphatic rings. The van der Waals surface area contributed by atoms with Gasteiger partial charge < -0.3 is 16.4 Å². The van der Waals surface area contributed by atoms with Gasteiger partial charge in [0.15, 0.2) is 17.5 Å². The number of aromatic nitrogens is 2. The Bertz CT molecular complexity index is 962. The Morgan fingerprint density at radius 2 is 2.12 bits per heavy atom. The average molecular weight is 350 g/mol. The number of nitrogens with zero attached hydrogens (tertiary/aromatic N) is 3. The predicted molar refractivity (Wildman–Crippen MR) is 101 cm³/mol. The van der Waals surface area contributed by atoms with Gasteiger partial charge in [0.1, 0.15) is 6.07 Å². The topological polar surface area (TPSA) is 99.7 Å². The van der Waals surface area contributed by atoms with Gasteiger partial charge in [-0.1, -0.05) is 13.0 Å². The summed E-state index contributed by atoms with van der Waals surface area (Å²) in [5, 5.41) is 16.3. The summed E-state index contributed by atoms with van der Waals surface area (Å²) in [6, 6.07) is 12.4. The number of rotatable bonds is 6. The molecular formula is C19H19FN6. The molecule has 0 radical (unpaired) electrons. The number of nitriles is 1. The molecular weight excluding hydrogens is 331 g/mol. The predicted octanol–water partition coefficient (Wildman–Crippen LogP) is 3.53. The quantitative estimate of drug-likeness (QED) is 0.629. The summed E-state index contributed by atoms with van der Waals surface area (Å²) in [6.45, 7) is 2.31. The van der Waals surface area contributed by atoms with Gasteiger partial charge in [0.05, 0.1) is 11.1 Å². The number of halogens is 1. The second-order valence-electron chi connectivity index (χ2n) is 5.85. The van der Waals surface area contributed by atoms with Gasteiger partial charge >= 0.3 is 0 Å². The molecule has 4 N–H and O–H groups in total. The van der Waals surface area contributed by atoms with Crippen molar-refractivity contribution in [2.75, 3.05) is 17.2 Å². The molecule has 7 heteroatoms. The van der Waals surface area contributed by atoms with Crippen LogP contribution in [0.4, 0.5) is 21.7 Å². The molecule has 2 heterocycles. The fourth-order valence-corrected chi connectivity index (χ4v) is 2.58. The first kappa shape index (κ1) is 17.6. The zero-order valence-electron chi connectivity index (χ0n) is 14.3.